The Kier molecular flexibility index (Phi) is 5.43. The van der Waals surface area contributed by atoms with E-state index in [4.69, 9.17) is 9.47 Å². The quantitative estimate of drug-likeness (QED) is 0.860. The first kappa shape index (κ1) is 18.3. The van der Waals surface area contributed by atoms with Gasteiger partial charge in [-0.3, -0.25) is 9.59 Å². The van der Waals surface area contributed by atoms with Crippen molar-refractivity contribution in [2.24, 2.45) is 0 Å². The Morgan fingerprint density at radius 2 is 1.79 bits per heavy atom. The topological polar surface area (TPSA) is 71.1 Å². The smallest absolute Gasteiger partial charge is 0.265 e. The summed E-state index contributed by atoms with van der Waals surface area (Å²) in [7, 11) is 0. The minimum atomic E-state index is -0.138. The third-order valence-corrected chi connectivity index (χ3v) is 4.90. The molecular formula is C21H23N3O4. The normalized spacial score (nSPS) is 16.4. The van der Waals surface area contributed by atoms with Crippen molar-refractivity contribution in [1.29, 1.82) is 0 Å². The van der Waals surface area contributed by atoms with Crippen LogP contribution in [0.15, 0.2) is 48.5 Å². The van der Waals surface area contributed by atoms with Crippen LogP contribution in [0.1, 0.15) is 6.42 Å². The molecular weight excluding hydrogens is 358 g/mol. The maximum absolute atomic E-state index is 12.4. The van der Waals surface area contributed by atoms with E-state index >= 15 is 0 Å². The van der Waals surface area contributed by atoms with E-state index < -0.39 is 0 Å². The second kappa shape index (κ2) is 8.31. The fourth-order valence-electron chi connectivity index (χ4n) is 3.41. The van der Waals surface area contributed by atoms with Gasteiger partial charge in [0, 0.05) is 37.4 Å². The molecule has 7 nitrogen and oxygen atoms in total. The Morgan fingerprint density at radius 1 is 1.04 bits per heavy atom. The summed E-state index contributed by atoms with van der Waals surface area (Å²) in [6.45, 7) is 3.55. The number of hydrogen-bond acceptors (Lipinski definition) is 5. The number of carbonyl (C=O) groups is 2. The number of nitrogens with zero attached hydrogens (tertiary/aromatic N) is 2. The molecule has 0 atom stereocenters. The molecule has 28 heavy (non-hydrogen) atoms. The zero-order valence-electron chi connectivity index (χ0n) is 15.6. The molecule has 0 saturated carbocycles. The monoisotopic (exact) mass is 381 g/mol. The van der Waals surface area contributed by atoms with Crippen molar-refractivity contribution in [1.82, 2.24) is 0 Å². The molecule has 1 saturated heterocycles. The summed E-state index contributed by atoms with van der Waals surface area (Å²) in [6.07, 6.45) is 0.214. The van der Waals surface area contributed by atoms with E-state index in [1.165, 1.54) is 0 Å². The number of morpholine rings is 1. The molecule has 0 radical (unpaired) electrons. The van der Waals surface area contributed by atoms with Crippen LogP contribution in [0.4, 0.5) is 17.1 Å². The van der Waals surface area contributed by atoms with Crippen LogP contribution in [0.5, 0.6) is 5.75 Å². The van der Waals surface area contributed by atoms with Gasteiger partial charge in [-0.05, 0) is 36.4 Å². The second-order valence-electron chi connectivity index (χ2n) is 6.75. The number of ether oxygens (including phenoxy) is 2. The van der Waals surface area contributed by atoms with Crippen molar-refractivity contribution < 1.29 is 19.1 Å². The molecule has 7 heteroatoms. The van der Waals surface area contributed by atoms with Crippen molar-refractivity contribution in [3.05, 3.63) is 48.5 Å². The number of fused-ring (bicyclic) bond motifs is 1. The highest BCUT2D eigenvalue weighted by atomic mass is 16.5. The van der Waals surface area contributed by atoms with E-state index in [9.17, 15) is 9.59 Å². The van der Waals surface area contributed by atoms with Crippen LogP contribution >= 0.6 is 0 Å². The zero-order chi connectivity index (χ0) is 19.3. The summed E-state index contributed by atoms with van der Waals surface area (Å²) >= 11 is 0. The third-order valence-electron chi connectivity index (χ3n) is 4.90. The Hall–Kier alpha value is -3.06. The SMILES string of the molecule is O=C(CCN1C(=O)COc2ccccc21)Nc1ccc(N2CCOCC2)cc1. The van der Waals surface area contributed by atoms with Crippen LogP contribution in [0, 0.1) is 0 Å². The second-order valence-corrected chi connectivity index (χ2v) is 6.75. The van der Waals surface area contributed by atoms with Crippen LogP contribution < -0.4 is 19.9 Å². The lowest BCUT2D eigenvalue weighted by molar-refractivity contribution is -0.121. The standard InChI is InChI=1S/C21H23N3O4/c25-20(9-10-24-18-3-1-2-4-19(18)28-15-21(24)26)22-16-5-7-17(8-6-16)23-11-13-27-14-12-23/h1-8H,9-15H2,(H,22,25). The van der Waals surface area contributed by atoms with E-state index in [0.29, 0.717) is 18.0 Å². The largest absolute Gasteiger partial charge is 0.482 e. The number of amides is 2. The molecule has 2 amide bonds. The van der Waals surface area contributed by atoms with Gasteiger partial charge in [-0.25, -0.2) is 0 Å². The Labute approximate surface area is 163 Å². The van der Waals surface area contributed by atoms with E-state index in [2.05, 4.69) is 10.2 Å². The molecule has 2 aliphatic rings. The molecule has 2 aliphatic heterocycles. The Balaban J connectivity index is 1.33. The Morgan fingerprint density at radius 3 is 2.57 bits per heavy atom. The summed E-state index contributed by atoms with van der Waals surface area (Å²) in [5, 5.41) is 2.90. The molecule has 1 fully saturated rings. The number of benzene rings is 2. The summed E-state index contributed by atoms with van der Waals surface area (Å²) in [5.74, 6) is 0.401. The maximum Gasteiger partial charge on any atom is 0.265 e. The fraction of sp³-hybridized carbons (Fsp3) is 0.333. The van der Waals surface area contributed by atoms with E-state index in [1.54, 1.807) is 4.90 Å². The number of rotatable bonds is 5. The van der Waals surface area contributed by atoms with Gasteiger partial charge in [0.25, 0.3) is 5.91 Å². The van der Waals surface area contributed by atoms with E-state index in [0.717, 1.165) is 37.7 Å². The minimum Gasteiger partial charge on any atom is -0.482 e. The molecule has 2 aromatic carbocycles. The van der Waals surface area contributed by atoms with Gasteiger partial charge >= 0.3 is 0 Å². The van der Waals surface area contributed by atoms with Gasteiger partial charge in [0.1, 0.15) is 5.75 Å². The molecule has 2 heterocycles. The number of nitrogens with one attached hydrogen (secondary N) is 1. The van der Waals surface area contributed by atoms with E-state index in [1.807, 2.05) is 48.5 Å². The number of para-hydroxylation sites is 2. The first-order chi connectivity index (χ1) is 13.7. The molecule has 0 aliphatic carbocycles. The van der Waals surface area contributed by atoms with Crippen molar-refractivity contribution in [2.75, 3.05) is 54.6 Å². The van der Waals surface area contributed by atoms with Crippen LogP contribution in [-0.2, 0) is 14.3 Å². The molecule has 0 spiro atoms. The lowest BCUT2D eigenvalue weighted by Crippen LogP contribution is -2.40. The summed E-state index contributed by atoms with van der Waals surface area (Å²) < 4.78 is 10.8. The number of carbonyl (C=O) groups excluding carboxylic acids is 2. The highest BCUT2D eigenvalue weighted by Crippen LogP contribution is 2.31. The van der Waals surface area contributed by atoms with Gasteiger partial charge in [0.15, 0.2) is 6.61 Å². The lowest BCUT2D eigenvalue weighted by atomic mass is 10.2. The lowest BCUT2D eigenvalue weighted by Gasteiger charge is -2.29. The molecule has 146 valence electrons. The molecule has 0 unspecified atom stereocenters. The van der Waals surface area contributed by atoms with Crippen molar-refractivity contribution >= 4 is 28.9 Å². The van der Waals surface area contributed by atoms with Crippen molar-refractivity contribution in [3.8, 4) is 5.75 Å². The van der Waals surface area contributed by atoms with Gasteiger partial charge in [-0.2, -0.15) is 0 Å². The molecule has 4 rings (SSSR count). The van der Waals surface area contributed by atoms with Gasteiger partial charge in [-0.1, -0.05) is 12.1 Å². The first-order valence-electron chi connectivity index (χ1n) is 9.45. The number of hydrogen-bond donors (Lipinski definition) is 1. The van der Waals surface area contributed by atoms with Crippen LogP contribution in [0.3, 0.4) is 0 Å². The highest BCUT2D eigenvalue weighted by Gasteiger charge is 2.25. The predicted molar refractivity (Wildman–Crippen MR) is 107 cm³/mol. The molecule has 2 aromatic rings. The summed E-state index contributed by atoms with van der Waals surface area (Å²) in [6, 6.07) is 15.2. The van der Waals surface area contributed by atoms with Crippen molar-refractivity contribution in [3.63, 3.8) is 0 Å². The molecule has 1 N–H and O–H groups in total. The van der Waals surface area contributed by atoms with Gasteiger partial charge in [-0.15, -0.1) is 0 Å². The van der Waals surface area contributed by atoms with Crippen LogP contribution in [0.25, 0.3) is 0 Å². The summed E-state index contributed by atoms with van der Waals surface area (Å²) in [4.78, 5) is 28.4. The fourth-order valence-corrected chi connectivity index (χ4v) is 3.41. The maximum atomic E-state index is 12.4. The van der Waals surface area contributed by atoms with Gasteiger partial charge in [0.2, 0.25) is 5.91 Å². The molecule has 0 bridgehead atoms. The van der Waals surface area contributed by atoms with Crippen LogP contribution in [-0.4, -0.2) is 51.3 Å². The summed E-state index contributed by atoms with van der Waals surface area (Å²) in [5.41, 5.74) is 2.58. The minimum absolute atomic E-state index is 0.00162. The van der Waals surface area contributed by atoms with Gasteiger partial charge in [0.05, 0.1) is 18.9 Å². The van der Waals surface area contributed by atoms with Gasteiger partial charge < -0.3 is 24.6 Å². The zero-order valence-corrected chi connectivity index (χ0v) is 15.6. The predicted octanol–water partition coefficient (Wildman–Crippen LogP) is 2.28. The number of anilines is 3. The first-order valence-corrected chi connectivity index (χ1v) is 9.45. The third kappa shape index (κ3) is 4.09. The van der Waals surface area contributed by atoms with E-state index in [-0.39, 0.29) is 24.8 Å². The van der Waals surface area contributed by atoms with Crippen molar-refractivity contribution in [2.45, 2.75) is 6.42 Å². The Bertz CT molecular complexity index is 847. The average molecular weight is 381 g/mol. The van der Waals surface area contributed by atoms with Crippen LogP contribution in [0.2, 0.25) is 0 Å². The molecule has 0 aromatic heterocycles. The highest BCUT2D eigenvalue weighted by molar-refractivity contribution is 5.99. The average Bonchev–Trinajstić information content (AvgIpc) is 2.74.